The lowest BCUT2D eigenvalue weighted by Gasteiger charge is -2.26. The third-order valence-corrected chi connectivity index (χ3v) is 4.57. The van der Waals surface area contributed by atoms with E-state index < -0.39 is 0 Å². The average molecular weight is 301 g/mol. The Morgan fingerprint density at radius 2 is 1.90 bits per heavy atom. The Morgan fingerprint density at radius 3 is 2.62 bits per heavy atom. The van der Waals surface area contributed by atoms with Crippen molar-refractivity contribution in [1.29, 1.82) is 0 Å². The zero-order chi connectivity index (χ0) is 14.7. The summed E-state index contributed by atoms with van der Waals surface area (Å²) < 4.78 is 0. The van der Waals surface area contributed by atoms with Crippen molar-refractivity contribution >= 4 is 17.2 Å². The molecule has 2 aromatic rings. The molecule has 1 aliphatic heterocycles. The number of hydrazine groups is 1. The van der Waals surface area contributed by atoms with Crippen molar-refractivity contribution < 1.29 is 4.79 Å². The van der Waals surface area contributed by atoms with E-state index in [2.05, 4.69) is 10.4 Å². The summed E-state index contributed by atoms with van der Waals surface area (Å²) in [5.74, 6) is -0.0404. The Labute approximate surface area is 128 Å². The number of aryl methyl sites for hydroxylation is 1. The first-order chi connectivity index (χ1) is 10.2. The quantitative estimate of drug-likeness (QED) is 0.946. The molecule has 0 aliphatic carbocycles. The molecule has 1 saturated heterocycles. The van der Waals surface area contributed by atoms with Gasteiger partial charge in [0.1, 0.15) is 4.88 Å². The zero-order valence-electron chi connectivity index (χ0n) is 12.1. The first-order valence-corrected chi connectivity index (χ1v) is 8.14. The molecule has 3 rings (SSSR count). The van der Waals surface area contributed by atoms with Crippen LogP contribution in [0.15, 0.2) is 30.3 Å². The Kier molecular flexibility index (Phi) is 4.31. The number of nitrogens with zero attached hydrogens (tertiary/aromatic N) is 2. The molecular weight excluding hydrogens is 282 g/mol. The molecule has 0 spiro atoms. The molecule has 0 atom stereocenters. The topological polar surface area (TPSA) is 45.2 Å². The summed E-state index contributed by atoms with van der Waals surface area (Å²) in [4.78, 5) is 17.8. The molecule has 1 fully saturated rings. The summed E-state index contributed by atoms with van der Waals surface area (Å²) in [6.45, 7) is 3.81. The van der Waals surface area contributed by atoms with E-state index in [1.165, 1.54) is 17.8 Å². The van der Waals surface area contributed by atoms with Crippen molar-refractivity contribution in [1.82, 2.24) is 15.4 Å². The molecule has 1 aromatic carbocycles. The van der Waals surface area contributed by atoms with Crippen LogP contribution in [0, 0.1) is 6.92 Å². The minimum atomic E-state index is -0.0404. The van der Waals surface area contributed by atoms with Gasteiger partial charge >= 0.3 is 0 Å². The smallest absolute Gasteiger partial charge is 0.277 e. The molecule has 1 N–H and O–H groups in total. The fraction of sp³-hybridized carbons (Fsp3) is 0.375. The van der Waals surface area contributed by atoms with E-state index >= 15 is 0 Å². The summed E-state index contributed by atoms with van der Waals surface area (Å²) in [6, 6.07) is 9.89. The van der Waals surface area contributed by atoms with Crippen molar-refractivity contribution in [2.24, 2.45) is 0 Å². The highest BCUT2D eigenvalue weighted by Gasteiger charge is 2.20. The van der Waals surface area contributed by atoms with Gasteiger partial charge in [0, 0.05) is 18.7 Å². The summed E-state index contributed by atoms with van der Waals surface area (Å²) in [5.41, 5.74) is 4.80. The molecule has 0 unspecified atom stereocenters. The van der Waals surface area contributed by atoms with E-state index in [9.17, 15) is 4.79 Å². The first kappa shape index (κ1) is 14.2. The minimum absolute atomic E-state index is 0.0404. The Hall–Kier alpha value is -1.72. The second-order valence-electron chi connectivity index (χ2n) is 5.27. The van der Waals surface area contributed by atoms with Crippen LogP contribution >= 0.6 is 11.3 Å². The number of piperidine rings is 1. The van der Waals surface area contributed by atoms with Crippen LogP contribution in [0.25, 0.3) is 11.3 Å². The Morgan fingerprint density at radius 1 is 1.19 bits per heavy atom. The first-order valence-electron chi connectivity index (χ1n) is 7.33. The highest BCUT2D eigenvalue weighted by atomic mass is 32.1. The number of amides is 1. The van der Waals surface area contributed by atoms with Crippen molar-refractivity contribution in [2.45, 2.75) is 26.2 Å². The van der Waals surface area contributed by atoms with Gasteiger partial charge in [0.15, 0.2) is 0 Å². The van der Waals surface area contributed by atoms with E-state index in [1.807, 2.05) is 42.3 Å². The Balaban J connectivity index is 1.83. The average Bonchev–Trinajstić information content (AvgIpc) is 2.91. The number of nitrogens with one attached hydrogen (secondary N) is 1. The predicted octanol–water partition coefficient (Wildman–Crippen LogP) is 3.25. The van der Waals surface area contributed by atoms with Crippen LogP contribution in [0.5, 0.6) is 0 Å². The third-order valence-electron chi connectivity index (χ3n) is 3.60. The molecular formula is C16H19N3OS. The van der Waals surface area contributed by atoms with Crippen LogP contribution in [0.4, 0.5) is 0 Å². The fourth-order valence-electron chi connectivity index (χ4n) is 2.57. The number of rotatable bonds is 3. The van der Waals surface area contributed by atoms with Gasteiger partial charge in [0.2, 0.25) is 0 Å². The largest absolute Gasteiger partial charge is 0.284 e. The van der Waals surface area contributed by atoms with Crippen molar-refractivity contribution in [3.05, 3.63) is 40.2 Å². The predicted molar refractivity (Wildman–Crippen MR) is 85.2 cm³/mol. The Bertz CT molecular complexity index is 618. The number of thiazole rings is 1. The lowest BCUT2D eigenvalue weighted by atomic mass is 10.1. The number of carbonyl (C=O) groups is 1. The molecule has 1 aliphatic rings. The third kappa shape index (κ3) is 3.31. The molecule has 1 amide bonds. The highest BCUT2D eigenvalue weighted by molar-refractivity contribution is 7.14. The van der Waals surface area contributed by atoms with Gasteiger partial charge in [-0.25, -0.2) is 9.99 Å². The maximum Gasteiger partial charge on any atom is 0.277 e. The molecule has 4 nitrogen and oxygen atoms in total. The lowest BCUT2D eigenvalue weighted by molar-refractivity contribution is 0.0755. The molecule has 1 aromatic heterocycles. The van der Waals surface area contributed by atoms with Gasteiger partial charge in [0.25, 0.3) is 5.91 Å². The fourth-order valence-corrected chi connectivity index (χ4v) is 3.40. The maximum absolute atomic E-state index is 12.5. The van der Waals surface area contributed by atoms with Gasteiger partial charge in [-0.15, -0.1) is 11.3 Å². The van der Waals surface area contributed by atoms with Crippen LogP contribution in [-0.2, 0) is 0 Å². The maximum atomic E-state index is 12.5. The van der Waals surface area contributed by atoms with Gasteiger partial charge in [0.05, 0.1) is 10.7 Å². The molecule has 5 heteroatoms. The minimum Gasteiger partial charge on any atom is -0.284 e. The second-order valence-corrected chi connectivity index (χ2v) is 6.47. The van der Waals surface area contributed by atoms with Crippen LogP contribution in [-0.4, -0.2) is 29.0 Å². The number of hydrogen-bond donors (Lipinski definition) is 1. The summed E-state index contributed by atoms with van der Waals surface area (Å²) >= 11 is 1.46. The van der Waals surface area contributed by atoms with Crippen LogP contribution in [0.1, 0.15) is 33.9 Å². The summed E-state index contributed by atoms with van der Waals surface area (Å²) in [5, 5.41) is 2.94. The monoisotopic (exact) mass is 301 g/mol. The molecule has 110 valence electrons. The molecule has 2 heterocycles. The van der Waals surface area contributed by atoms with Gasteiger partial charge < -0.3 is 0 Å². The second kappa shape index (κ2) is 6.37. The van der Waals surface area contributed by atoms with Gasteiger partial charge in [-0.1, -0.05) is 36.8 Å². The summed E-state index contributed by atoms with van der Waals surface area (Å²) in [7, 11) is 0. The zero-order valence-corrected chi connectivity index (χ0v) is 12.9. The van der Waals surface area contributed by atoms with Crippen LogP contribution in [0.3, 0.4) is 0 Å². The standard InChI is InChI=1S/C16H19N3OS/c1-12-17-14(13-8-4-2-5-9-13)15(21-12)16(20)18-19-10-6-3-7-11-19/h2,4-5,8-9H,3,6-7,10-11H2,1H3,(H,18,20). The van der Waals surface area contributed by atoms with Crippen LogP contribution < -0.4 is 5.43 Å². The normalized spacial score (nSPS) is 15.9. The number of carbonyl (C=O) groups excluding carboxylic acids is 1. The van der Waals surface area contributed by atoms with Crippen molar-refractivity contribution in [3.63, 3.8) is 0 Å². The molecule has 0 bridgehead atoms. The van der Waals surface area contributed by atoms with Gasteiger partial charge in [-0.05, 0) is 19.8 Å². The number of aromatic nitrogens is 1. The SMILES string of the molecule is Cc1nc(-c2ccccc2)c(C(=O)NN2CCCCC2)s1. The number of hydrogen-bond acceptors (Lipinski definition) is 4. The molecule has 0 radical (unpaired) electrons. The lowest BCUT2D eigenvalue weighted by Crippen LogP contribution is -2.44. The van der Waals surface area contributed by atoms with E-state index in [0.717, 1.165) is 42.2 Å². The molecule has 0 saturated carbocycles. The highest BCUT2D eigenvalue weighted by Crippen LogP contribution is 2.28. The summed E-state index contributed by atoms with van der Waals surface area (Å²) in [6.07, 6.45) is 3.54. The van der Waals surface area contributed by atoms with Crippen molar-refractivity contribution in [3.8, 4) is 11.3 Å². The van der Waals surface area contributed by atoms with E-state index in [0.29, 0.717) is 4.88 Å². The molecule has 21 heavy (non-hydrogen) atoms. The van der Waals surface area contributed by atoms with Gasteiger partial charge in [-0.2, -0.15) is 0 Å². The van der Waals surface area contributed by atoms with Crippen LogP contribution in [0.2, 0.25) is 0 Å². The van der Waals surface area contributed by atoms with Crippen molar-refractivity contribution in [2.75, 3.05) is 13.1 Å². The van der Waals surface area contributed by atoms with E-state index in [1.54, 1.807) is 0 Å². The number of benzene rings is 1. The van der Waals surface area contributed by atoms with E-state index in [4.69, 9.17) is 0 Å². The van der Waals surface area contributed by atoms with E-state index in [-0.39, 0.29) is 5.91 Å². The van der Waals surface area contributed by atoms with Gasteiger partial charge in [-0.3, -0.25) is 10.2 Å².